The molecule has 0 aromatic heterocycles. The number of methoxy groups -OCH3 is 1. The third-order valence-electron chi connectivity index (χ3n) is 2.83. The predicted octanol–water partition coefficient (Wildman–Crippen LogP) is 4.09. The number of nitrogens with one attached hydrogen (secondary N) is 1. The van der Waals surface area contributed by atoms with E-state index in [0.29, 0.717) is 13.2 Å². The second kappa shape index (κ2) is 7.92. The highest BCUT2D eigenvalue weighted by molar-refractivity contribution is 9.10. The van der Waals surface area contributed by atoms with E-state index in [-0.39, 0.29) is 0 Å². The highest BCUT2D eigenvalue weighted by Crippen LogP contribution is 2.15. The largest absolute Gasteiger partial charge is 0.497 e. The van der Waals surface area contributed by atoms with Crippen LogP contribution < -0.4 is 10.1 Å². The maximum Gasteiger partial charge on any atom is 0.118 e. The zero-order valence-corrected chi connectivity index (χ0v) is 13.0. The Morgan fingerprint density at radius 1 is 1.10 bits per heavy atom. The molecule has 4 heteroatoms. The summed E-state index contributed by atoms with van der Waals surface area (Å²) in [6, 6.07) is 16.0. The minimum atomic E-state index is 0.615. The van der Waals surface area contributed by atoms with E-state index in [1.807, 2.05) is 48.5 Å². The molecule has 0 atom stereocenters. The minimum Gasteiger partial charge on any atom is -0.497 e. The minimum absolute atomic E-state index is 0.615. The van der Waals surface area contributed by atoms with Gasteiger partial charge >= 0.3 is 0 Å². The van der Waals surface area contributed by atoms with Crippen molar-refractivity contribution in [2.45, 2.75) is 6.61 Å². The second-order valence-electron chi connectivity index (χ2n) is 4.34. The predicted molar refractivity (Wildman–Crippen MR) is 85.3 cm³/mol. The van der Waals surface area contributed by atoms with Gasteiger partial charge in [0.1, 0.15) is 5.75 Å². The molecule has 2 rings (SSSR count). The van der Waals surface area contributed by atoms with Gasteiger partial charge in [0.15, 0.2) is 0 Å². The first-order valence-electron chi connectivity index (χ1n) is 6.48. The number of hydrogen-bond acceptors (Lipinski definition) is 3. The summed E-state index contributed by atoms with van der Waals surface area (Å²) in [5.41, 5.74) is 2.24. The van der Waals surface area contributed by atoms with E-state index in [9.17, 15) is 0 Å². The Labute approximate surface area is 128 Å². The summed E-state index contributed by atoms with van der Waals surface area (Å²) in [5, 5.41) is 3.31. The molecule has 0 saturated heterocycles. The Morgan fingerprint density at radius 3 is 2.60 bits per heavy atom. The first-order valence-corrected chi connectivity index (χ1v) is 7.27. The number of anilines is 1. The third-order valence-corrected chi connectivity index (χ3v) is 3.32. The Kier molecular flexibility index (Phi) is 5.89. The average molecular weight is 336 g/mol. The van der Waals surface area contributed by atoms with E-state index in [4.69, 9.17) is 9.47 Å². The lowest BCUT2D eigenvalue weighted by molar-refractivity contribution is 0.130. The van der Waals surface area contributed by atoms with Gasteiger partial charge < -0.3 is 14.8 Å². The lowest BCUT2D eigenvalue weighted by Gasteiger charge is -2.08. The smallest absolute Gasteiger partial charge is 0.118 e. The number of rotatable bonds is 7. The van der Waals surface area contributed by atoms with Gasteiger partial charge in [0, 0.05) is 16.7 Å². The van der Waals surface area contributed by atoms with Gasteiger partial charge in [-0.15, -0.1) is 0 Å². The number of halogens is 1. The lowest BCUT2D eigenvalue weighted by atomic mass is 10.2. The molecule has 20 heavy (non-hydrogen) atoms. The molecule has 0 heterocycles. The van der Waals surface area contributed by atoms with E-state index >= 15 is 0 Å². The first kappa shape index (κ1) is 14.9. The Balaban J connectivity index is 1.66. The molecule has 0 unspecified atom stereocenters. The highest BCUT2D eigenvalue weighted by Gasteiger charge is 1.96. The van der Waals surface area contributed by atoms with E-state index in [1.54, 1.807) is 7.11 Å². The van der Waals surface area contributed by atoms with Gasteiger partial charge in [-0.3, -0.25) is 0 Å². The second-order valence-corrected chi connectivity index (χ2v) is 5.25. The van der Waals surface area contributed by atoms with Gasteiger partial charge in [0.05, 0.1) is 20.3 Å². The Hall–Kier alpha value is -1.52. The maximum atomic E-state index is 5.63. The van der Waals surface area contributed by atoms with Gasteiger partial charge in [-0.1, -0.05) is 34.1 Å². The van der Waals surface area contributed by atoms with Crippen LogP contribution in [-0.4, -0.2) is 20.3 Å². The third kappa shape index (κ3) is 4.87. The zero-order valence-electron chi connectivity index (χ0n) is 11.4. The summed E-state index contributed by atoms with van der Waals surface area (Å²) in [4.78, 5) is 0. The summed E-state index contributed by atoms with van der Waals surface area (Å²) >= 11 is 3.45. The molecule has 0 spiro atoms. The summed E-state index contributed by atoms with van der Waals surface area (Å²) < 4.78 is 11.8. The summed E-state index contributed by atoms with van der Waals surface area (Å²) in [7, 11) is 1.67. The fourth-order valence-corrected chi connectivity index (χ4v) is 2.18. The fourth-order valence-electron chi connectivity index (χ4n) is 1.78. The van der Waals surface area contributed by atoms with Crippen molar-refractivity contribution in [1.29, 1.82) is 0 Å². The van der Waals surface area contributed by atoms with Crippen molar-refractivity contribution in [2.24, 2.45) is 0 Å². The molecule has 0 bridgehead atoms. The van der Waals surface area contributed by atoms with Crippen molar-refractivity contribution < 1.29 is 9.47 Å². The molecule has 3 nitrogen and oxygen atoms in total. The van der Waals surface area contributed by atoms with Crippen molar-refractivity contribution in [3.05, 3.63) is 58.6 Å². The molecule has 0 aliphatic heterocycles. The van der Waals surface area contributed by atoms with Crippen molar-refractivity contribution in [3.63, 3.8) is 0 Å². The number of hydrogen-bond donors (Lipinski definition) is 1. The van der Waals surface area contributed by atoms with Crippen LogP contribution in [0.15, 0.2) is 53.0 Å². The van der Waals surface area contributed by atoms with Gasteiger partial charge in [-0.2, -0.15) is 0 Å². The van der Waals surface area contributed by atoms with Crippen LogP contribution in [0.1, 0.15) is 5.56 Å². The van der Waals surface area contributed by atoms with Crippen molar-refractivity contribution in [3.8, 4) is 5.75 Å². The van der Waals surface area contributed by atoms with Gasteiger partial charge in [-0.05, 0) is 35.9 Å². The summed E-state index contributed by atoms with van der Waals surface area (Å²) in [5.74, 6) is 0.866. The van der Waals surface area contributed by atoms with E-state index < -0.39 is 0 Å². The van der Waals surface area contributed by atoms with E-state index in [0.717, 1.165) is 28.0 Å². The molecule has 1 N–H and O–H groups in total. The van der Waals surface area contributed by atoms with Crippen LogP contribution in [0.25, 0.3) is 0 Å². The zero-order chi connectivity index (χ0) is 14.2. The Morgan fingerprint density at radius 2 is 1.90 bits per heavy atom. The fraction of sp³-hybridized carbons (Fsp3) is 0.250. The molecule has 2 aromatic carbocycles. The number of benzene rings is 2. The van der Waals surface area contributed by atoms with Gasteiger partial charge in [0.25, 0.3) is 0 Å². The molecule has 0 saturated carbocycles. The number of ether oxygens (including phenoxy) is 2. The standard InChI is InChI=1S/C16H18BrNO2/c1-19-16-7-5-13(6-8-16)12-20-10-9-18-15-4-2-3-14(17)11-15/h2-8,11,18H,9-10,12H2,1H3. The van der Waals surface area contributed by atoms with E-state index in [1.165, 1.54) is 0 Å². The lowest BCUT2D eigenvalue weighted by Crippen LogP contribution is -2.09. The molecular weight excluding hydrogens is 318 g/mol. The van der Waals surface area contributed by atoms with Crippen molar-refractivity contribution in [1.82, 2.24) is 0 Å². The van der Waals surface area contributed by atoms with Crippen LogP contribution in [0, 0.1) is 0 Å². The van der Waals surface area contributed by atoms with Crippen molar-refractivity contribution >= 4 is 21.6 Å². The molecule has 106 valence electrons. The van der Waals surface area contributed by atoms with Gasteiger partial charge in [-0.25, -0.2) is 0 Å². The highest BCUT2D eigenvalue weighted by atomic mass is 79.9. The molecule has 0 radical (unpaired) electrons. The van der Waals surface area contributed by atoms with Crippen LogP contribution in [0.5, 0.6) is 5.75 Å². The molecular formula is C16H18BrNO2. The topological polar surface area (TPSA) is 30.5 Å². The SMILES string of the molecule is COc1ccc(COCCNc2cccc(Br)c2)cc1. The monoisotopic (exact) mass is 335 g/mol. The van der Waals surface area contributed by atoms with Crippen LogP contribution in [0.2, 0.25) is 0 Å². The van der Waals surface area contributed by atoms with Gasteiger partial charge in [0.2, 0.25) is 0 Å². The summed E-state index contributed by atoms with van der Waals surface area (Å²) in [6.45, 7) is 2.06. The van der Waals surface area contributed by atoms with Crippen LogP contribution in [0.4, 0.5) is 5.69 Å². The first-order chi connectivity index (χ1) is 9.78. The van der Waals surface area contributed by atoms with Crippen LogP contribution in [0.3, 0.4) is 0 Å². The van der Waals surface area contributed by atoms with Crippen molar-refractivity contribution in [2.75, 3.05) is 25.6 Å². The van der Waals surface area contributed by atoms with Crippen LogP contribution in [-0.2, 0) is 11.3 Å². The molecule has 0 aliphatic carbocycles. The normalized spacial score (nSPS) is 10.3. The molecule has 0 aliphatic rings. The quantitative estimate of drug-likeness (QED) is 0.773. The average Bonchev–Trinajstić information content (AvgIpc) is 2.48. The maximum absolute atomic E-state index is 5.63. The Bertz CT molecular complexity index is 528. The molecule has 0 fully saturated rings. The molecule has 2 aromatic rings. The van der Waals surface area contributed by atoms with E-state index in [2.05, 4.69) is 21.2 Å². The van der Waals surface area contributed by atoms with Crippen LogP contribution >= 0.6 is 15.9 Å². The molecule has 0 amide bonds. The summed E-state index contributed by atoms with van der Waals surface area (Å²) in [6.07, 6.45) is 0.